The van der Waals surface area contributed by atoms with Crippen LogP contribution in [0.1, 0.15) is 5.69 Å². The van der Waals surface area contributed by atoms with Crippen molar-refractivity contribution in [1.82, 2.24) is 4.98 Å². The van der Waals surface area contributed by atoms with Gasteiger partial charge in [0, 0.05) is 16.0 Å². The Labute approximate surface area is 104 Å². The van der Waals surface area contributed by atoms with Crippen LogP contribution in [0.25, 0.3) is 0 Å². The lowest BCUT2D eigenvalue weighted by atomic mass is 10.3. The fourth-order valence-corrected chi connectivity index (χ4v) is 2.27. The Hall–Kier alpha value is -1.99. The number of hydrogen-bond donors (Lipinski definition) is 0. The third-order valence-corrected chi connectivity index (χ3v) is 3.18. The van der Waals surface area contributed by atoms with Crippen molar-refractivity contribution in [3.8, 4) is 11.8 Å². The molecule has 1 heterocycles. The summed E-state index contributed by atoms with van der Waals surface area (Å²) in [6, 6.07) is 13.5. The highest BCUT2D eigenvalue weighted by Gasteiger charge is 2.05. The van der Waals surface area contributed by atoms with Crippen molar-refractivity contribution < 1.29 is 4.74 Å². The summed E-state index contributed by atoms with van der Waals surface area (Å²) in [6.07, 6.45) is 1.62. The normalized spacial score (nSPS) is 9.65. The summed E-state index contributed by atoms with van der Waals surface area (Å²) in [5.41, 5.74) is 0.445. The van der Waals surface area contributed by atoms with Gasteiger partial charge in [0.05, 0.1) is 7.11 Å². The maximum atomic E-state index is 8.95. The second kappa shape index (κ2) is 5.37. The first kappa shape index (κ1) is 11.5. The molecule has 0 unspecified atom stereocenters. The molecule has 0 bridgehead atoms. The Morgan fingerprint density at radius 2 is 2.18 bits per heavy atom. The van der Waals surface area contributed by atoms with Crippen molar-refractivity contribution in [2.45, 2.75) is 9.79 Å². The van der Waals surface area contributed by atoms with Crippen LogP contribution >= 0.6 is 11.8 Å². The molecule has 1 aromatic carbocycles. The van der Waals surface area contributed by atoms with E-state index in [2.05, 4.69) is 11.1 Å². The number of aromatic nitrogens is 1. The number of methoxy groups -OCH3 is 1. The molecular formula is C13H10N2OS. The highest BCUT2D eigenvalue weighted by molar-refractivity contribution is 7.99. The Morgan fingerprint density at radius 3 is 2.94 bits per heavy atom. The maximum absolute atomic E-state index is 8.95. The van der Waals surface area contributed by atoms with Crippen LogP contribution in [0, 0.1) is 11.3 Å². The molecule has 0 N–H and O–H groups in total. The van der Waals surface area contributed by atoms with Gasteiger partial charge in [0.25, 0.3) is 0 Å². The van der Waals surface area contributed by atoms with Crippen molar-refractivity contribution in [3.05, 3.63) is 48.3 Å². The lowest BCUT2D eigenvalue weighted by molar-refractivity contribution is 0.413. The molecule has 0 saturated carbocycles. The van der Waals surface area contributed by atoms with Crippen LogP contribution in [-0.4, -0.2) is 12.1 Å². The molecule has 0 radical (unpaired) electrons. The Balaban J connectivity index is 2.28. The van der Waals surface area contributed by atoms with E-state index in [4.69, 9.17) is 10.00 Å². The van der Waals surface area contributed by atoms with Crippen molar-refractivity contribution >= 4 is 11.8 Å². The molecule has 4 heteroatoms. The predicted octanol–water partition coefficient (Wildman–Crippen LogP) is 3.11. The van der Waals surface area contributed by atoms with E-state index in [1.165, 1.54) is 11.8 Å². The van der Waals surface area contributed by atoms with Gasteiger partial charge in [0.15, 0.2) is 5.69 Å². The number of pyridine rings is 1. The third-order valence-electron chi connectivity index (χ3n) is 2.15. The first-order valence-corrected chi connectivity index (χ1v) is 5.82. The highest BCUT2D eigenvalue weighted by Crippen LogP contribution is 2.31. The van der Waals surface area contributed by atoms with Crippen molar-refractivity contribution in [2.24, 2.45) is 0 Å². The molecule has 0 aliphatic heterocycles. The van der Waals surface area contributed by atoms with E-state index in [9.17, 15) is 0 Å². The number of hydrogen-bond acceptors (Lipinski definition) is 4. The van der Waals surface area contributed by atoms with Gasteiger partial charge in [-0.1, -0.05) is 17.8 Å². The number of rotatable bonds is 3. The van der Waals surface area contributed by atoms with Crippen LogP contribution in [0.2, 0.25) is 0 Å². The summed E-state index contributed by atoms with van der Waals surface area (Å²) in [5, 5.41) is 8.95. The standard InChI is InChI=1S/C13H10N2OS/c1-16-10-4-2-5-11(8-10)17-13-6-3-7-15-12(13)9-14/h2-8H,1H3. The summed E-state index contributed by atoms with van der Waals surface area (Å²) in [7, 11) is 1.63. The minimum Gasteiger partial charge on any atom is -0.497 e. The molecule has 2 aromatic rings. The van der Waals surface area contributed by atoms with Gasteiger partial charge in [-0.3, -0.25) is 0 Å². The average molecular weight is 242 g/mol. The number of nitriles is 1. The zero-order chi connectivity index (χ0) is 12.1. The van der Waals surface area contributed by atoms with Gasteiger partial charge in [-0.15, -0.1) is 0 Å². The zero-order valence-corrected chi connectivity index (χ0v) is 10.1. The van der Waals surface area contributed by atoms with Gasteiger partial charge in [0.2, 0.25) is 0 Å². The minimum absolute atomic E-state index is 0.445. The van der Waals surface area contributed by atoms with E-state index < -0.39 is 0 Å². The number of benzene rings is 1. The molecule has 0 amide bonds. The van der Waals surface area contributed by atoms with E-state index in [0.29, 0.717) is 5.69 Å². The van der Waals surface area contributed by atoms with Gasteiger partial charge in [-0.05, 0) is 30.3 Å². The number of nitrogens with zero attached hydrogens (tertiary/aromatic N) is 2. The second-order valence-corrected chi connectivity index (χ2v) is 4.36. The van der Waals surface area contributed by atoms with E-state index in [1.807, 2.05) is 36.4 Å². The molecule has 0 aliphatic carbocycles. The lowest BCUT2D eigenvalue weighted by Crippen LogP contribution is -1.86. The van der Waals surface area contributed by atoms with E-state index in [-0.39, 0.29) is 0 Å². The van der Waals surface area contributed by atoms with Gasteiger partial charge in [-0.2, -0.15) is 5.26 Å². The molecule has 0 saturated heterocycles. The van der Waals surface area contributed by atoms with Crippen molar-refractivity contribution in [3.63, 3.8) is 0 Å². The van der Waals surface area contributed by atoms with Gasteiger partial charge >= 0.3 is 0 Å². The fourth-order valence-electron chi connectivity index (χ4n) is 1.35. The molecule has 0 aliphatic rings. The lowest BCUT2D eigenvalue weighted by Gasteiger charge is -2.04. The van der Waals surface area contributed by atoms with Gasteiger partial charge < -0.3 is 4.74 Å². The second-order valence-electron chi connectivity index (χ2n) is 3.24. The van der Waals surface area contributed by atoms with Crippen molar-refractivity contribution in [2.75, 3.05) is 7.11 Å². The van der Waals surface area contributed by atoms with Crippen LogP contribution in [0.5, 0.6) is 5.75 Å². The molecular weight excluding hydrogens is 232 g/mol. The van der Waals surface area contributed by atoms with Crippen LogP contribution < -0.4 is 4.74 Å². The largest absolute Gasteiger partial charge is 0.497 e. The average Bonchev–Trinajstić information content (AvgIpc) is 2.39. The maximum Gasteiger partial charge on any atom is 0.154 e. The molecule has 0 spiro atoms. The van der Waals surface area contributed by atoms with Crippen LogP contribution in [0.15, 0.2) is 52.4 Å². The first-order chi connectivity index (χ1) is 8.33. The summed E-state index contributed by atoms with van der Waals surface area (Å²) in [4.78, 5) is 5.90. The van der Waals surface area contributed by atoms with E-state index >= 15 is 0 Å². The monoisotopic (exact) mass is 242 g/mol. The zero-order valence-electron chi connectivity index (χ0n) is 9.25. The molecule has 0 atom stereocenters. The molecule has 3 nitrogen and oxygen atoms in total. The Morgan fingerprint density at radius 1 is 1.29 bits per heavy atom. The number of ether oxygens (including phenoxy) is 1. The SMILES string of the molecule is COc1cccc(Sc2cccnc2C#N)c1. The molecule has 17 heavy (non-hydrogen) atoms. The predicted molar refractivity (Wildman–Crippen MR) is 66.1 cm³/mol. The van der Waals surface area contributed by atoms with Crippen LogP contribution in [0.4, 0.5) is 0 Å². The van der Waals surface area contributed by atoms with Crippen LogP contribution in [0.3, 0.4) is 0 Å². The fraction of sp³-hybridized carbons (Fsp3) is 0.0769. The summed E-state index contributed by atoms with van der Waals surface area (Å²) in [6.45, 7) is 0. The summed E-state index contributed by atoms with van der Waals surface area (Å²) >= 11 is 1.50. The van der Waals surface area contributed by atoms with E-state index in [1.54, 1.807) is 13.3 Å². The highest BCUT2D eigenvalue weighted by atomic mass is 32.2. The Kier molecular flexibility index (Phi) is 3.63. The summed E-state index contributed by atoms with van der Waals surface area (Å²) < 4.78 is 5.16. The summed E-state index contributed by atoms with van der Waals surface area (Å²) in [5.74, 6) is 0.803. The van der Waals surface area contributed by atoms with Crippen LogP contribution in [-0.2, 0) is 0 Å². The smallest absolute Gasteiger partial charge is 0.154 e. The third kappa shape index (κ3) is 2.77. The first-order valence-electron chi connectivity index (χ1n) is 5.00. The van der Waals surface area contributed by atoms with Crippen molar-refractivity contribution in [1.29, 1.82) is 5.26 Å². The molecule has 84 valence electrons. The molecule has 0 fully saturated rings. The quantitative estimate of drug-likeness (QED) is 0.829. The van der Waals surface area contributed by atoms with Gasteiger partial charge in [-0.25, -0.2) is 4.98 Å². The topological polar surface area (TPSA) is 45.9 Å². The molecule has 2 rings (SSSR count). The van der Waals surface area contributed by atoms with Gasteiger partial charge in [0.1, 0.15) is 11.8 Å². The minimum atomic E-state index is 0.445. The molecule has 1 aromatic heterocycles. The van der Waals surface area contributed by atoms with E-state index in [0.717, 1.165) is 15.5 Å². The Bertz CT molecular complexity index is 563.